The molecule has 0 bridgehead atoms. The summed E-state index contributed by atoms with van der Waals surface area (Å²) in [7, 11) is 1.35. The van der Waals surface area contributed by atoms with Gasteiger partial charge in [-0.1, -0.05) is 30.3 Å². The Morgan fingerprint density at radius 3 is 2.70 bits per heavy atom. The van der Waals surface area contributed by atoms with Crippen molar-refractivity contribution in [2.45, 2.75) is 19.7 Å². The number of hydrogen-bond donors (Lipinski definition) is 1. The first-order valence-corrected chi connectivity index (χ1v) is 6.16. The Bertz CT molecular complexity index is 527. The van der Waals surface area contributed by atoms with E-state index in [-0.39, 0.29) is 5.91 Å². The number of alkyl carbamates (subject to hydrolysis) is 1. The number of carbonyl (C=O) groups excluding carboxylic acids is 2. The topological polar surface area (TPSA) is 67.9 Å². The molecule has 1 heterocycles. The van der Waals surface area contributed by atoms with Crippen LogP contribution in [0.4, 0.5) is 4.79 Å². The van der Waals surface area contributed by atoms with Gasteiger partial charge >= 0.3 is 6.09 Å². The molecule has 2 rings (SSSR count). The van der Waals surface area contributed by atoms with Gasteiger partial charge in [0.15, 0.2) is 0 Å². The summed E-state index contributed by atoms with van der Waals surface area (Å²) in [4.78, 5) is 28.2. The van der Waals surface area contributed by atoms with Crippen LogP contribution >= 0.6 is 0 Å². The predicted molar refractivity (Wildman–Crippen MR) is 71.2 cm³/mol. The molecular weight excluding hydrogens is 260 g/mol. The third-order valence-electron chi connectivity index (χ3n) is 2.87. The monoisotopic (exact) mass is 276 g/mol. The second-order valence-electron chi connectivity index (χ2n) is 4.30. The van der Waals surface area contributed by atoms with Crippen molar-refractivity contribution in [1.29, 1.82) is 0 Å². The first kappa shape index (κ1) is 14.1. The Kier molecular flexibility index (Phi) is 4.37. The van der Waals surface area contributed by atoms with Gasteiger partial charge in [0, 0.05) is 12.1 Å². The largest absolute Gasteiger partial charge is 0.419 e. The molecule has 20 heavy (non-hydrogen) atoms. The molecule has 1 atom stereocenters. The molecule has 1 aliphatic heterocycles. The number of hydroxylamine groups is 2. The highest BCUT2D eigenvalue weighted by molar-refractivity contribution is 5.95. The molecule has 1 aliphatic rings. The molecule has 0 saturated heterocycles. The molecular formula is C14H16N2O4. The molecule has 0 fully saturated rings. The van der Waals surface area contributed by atoms with E-state index in [0.29, 0.717) is 12.1 Å². The lowest BCUT2D eigenvalue weighted by Gasteiger charge is -2.21. The van der Waals surface area contributed by atoms with Gasteiger partial charge in [0.25, 0.3) is 5.91 Å². The van der Waals surface area contributed by atoms with Gasteiger partial charge in [-0.2, -0.15) is 5.06 Å². The third kappa shape index (κ3) is 3.16. The van der Waals surface area contributed by atoms with Crippen LogP contribution in [-0.2, 0) is 20.9 Å². The first-order valence-electron chi connectivity index (χ1n) is 6.16. The fourth-order valence-corrected chi connectivity index (χ4v) is 1.83. The number of benzene rings is 1. The fourth-order valence-electron chi connectivity index (χ4n) is 1.83. The quantitative estimate of drug-likeness (QED) is 0.906. The van der Waals surface area contributed by atoms with Crippen molar-refractivity contribution in [3.8, 4) is 0 Å². The molecule has 0 radical (unpaired) electrons. The molecule has 1 unspecified atom stereocenters. The molecule has 1 N–H and O–H groups in total. The number of amides is 2. The average molecular weight is 276 g/mol. The van der Waals surface area contributed by atoms with Crippen molar-refractivity contribution < 1.29 is 19.2 Å². The van der Waals surface area contributed by atoms with Crippen LogP contribution in [0.3, 0.4) is 0 Å². The van der Waals surface area contributed by atoms with Crippen molar-refractivity contribution in [3.05, 3.63) is 47.5 Å². The molecule has 0 saturated carbocycles. The highest BCUT2D eigenvalue weighted by atomic mass is 16.7. The maximum absolute atomic E-state index is 11.7. The molecule has 0 aromatic heterocycles. The normalized spacial score (nSPS) is 17.9. The van der Waals surface area contributed by atoms with Crippen LogP contribution in [-0.4, -0.2) is 30.4 Å². The lowest BCUT2D eigenvalue weighted by atomic mass is 10.2. The first-order chi connectivity index (χ1) is 9.61. The van der Waals surface area contributed by atoms with Gasteiger partial charge in [-0.15, -0.1) is 0 Å². The molecule has 106 valence electrons. The van der Waals surface area contributed by atoms with E-state index in [1.54, 1.807) is 6.92 Å². The number of nitrogens with zero attached hydrogens (tertiary/aromatic N) is 1. The summed E-state index contributed by atoms with van der Waals surface area (Å²) in [5.74, 6) is -0.312. The van der Waals surface area contributed by atoms with Crippen LogP contribution in [0.15, 0.2) is 42.0 Å². The Morgan fingerprint density at radius 2 is 2.05 bits per heavy atom. The number of rotatable bonds is 4. The number of carbonyl (C=O) groups is 2. The van der Waals surface area contributed by atoms with Crippen LogP contribution < -0.4 is 5.32 Å². The van der Waals surface area contributed by atoms with E-state index in [9.17, 15) is 9.59 Å². The summed E-state index contributed by atoms with van der Waals surface area (Å²) >= 11 is 0. The lowest BCUT2D eigenvalue weighted by Crippen LogP contribution is -2.39. The highest BCUT2D eigenvalue weighted by Gasteiger charge is 2.33. The second kappa shape index (κ2) is 6.21. The SMILES string of the molecule is CON1C(=O)C(C)=CC1OC(=O)NCc1ccccc1. The molecule has 0 spiro atoms. The number of nitrogens with one attached hydrogen (secondary N) is 1. The van der Waals surface area contributed by atoms with E-state index in [1.807, 2.05) is 30.3 Å². The standard InChI is InChI=1S/C14H16N2O4/c1-10-8-12(16(19-2)13(10)17)20-14(18)15-9-11-6-4-3-5-7-11/h3-8,12H,9H2,1-2H3,(H,15,18). The number of hydrogen-bond acceptors (Lipinski definition) is 4. The van der Waals surface area contributed by atoms with Gasteiger partial charge in [-0.25, -0.2) is 4.79 Å². The third-order valence-corrected chi connectivity index (χ3v) is 2.87. The van der Waals surface area contributed by atoms with E-state index < -0.39 is 12.3 Å². The summed E-state index contributed by atoms with van der Waals surface area (Å²) in [6, 6.07) is 9.46. The van der Waals surface area contributed by atoms with E-state index in [0.717, 1.165) is 10.6 Å². The summed E-state index contributed by atoms with van der Waals surface area (Å²) < 4.78 is 5.13. The Morgan fingerprint density at radius 1 is 1.35 bits per heavy atom. The Balaban J connectivity index is 1.87. The minimum absolute atomic E-state index is 0.312. The summed E-state index contributed by atoms with van der Waals surface area (Å²) in [6.45, 7) is 2.00. The molecule has 6 heteroatoms. The summed E-state index contributed by atoms with van der Waals surface area (Å²) in [5, 5.41) is 3.63. The van der Waals surface area contributed by atoms with Gasteiger partial charge in [-0.3, -0.25) is 9.63 Å². The highest BCUT2D eigenvalue weighted by Crippen LogP contribution is 2.18. The van der Waals surface area contributed by atoms with Crippen LogP contribution in [0.2, 0.25) is 0 Å². The molecule has 2 amide bonds. The van der Waals surface area contributed by atoms with Gasteiger partial charge in [0.1, 0.15) is 0 Å². The van der Waals surface area contributed by atoms with Crippen molar-refractivity contribution >= 4 is 12.0 Å². The Hall–Kier alpha value is -2.34. The second-order valence-corrected chi connectivity index (χ2v) is 4.30. The van der Waals surface area contributed by atoms with Gasteiger partial charge in [0.2, 0.25) is 6.23 Å². The van der Waals surface area contributed by atoms with E-state index >= 15 is 0 Å². The predicted octanol–water partition coefficient (Wildman–Crippen LogP) is 1.59. The maximum Gasteiger partial charge on any atom is 0.409 e. The summed E-state index contributed by atoms with van der Waals surface area (Å²) in [6.07, 6.45) is 0.0939. The van der Waals surface area contributed by atoms with Crippen molar-refractivity contribution in [2.24, 2.45) is 0 Å². The fraction of sp³-hybridized carbons (Fsp3) is 0.286. The van der Waals surface area contributed by atoms with Crippen LogP contribution in [0.25, 0.3) is 0 Å². The van der Waals surface area contributed by atoms with Crippen molar-refractivity contribution in [1.82, 2.24) is 10.4 Å². The van der Waals surface area contributed by atoms with Gasteiger partial charge < -0.3 is 10.1 Å². The lowest BCUT2D eigenvalue weighted by molar-refractivity contribution is -0.200. The number of ether oxygens (including phenoxy) is 1. The molecule has 1 aromatic rings. The van der Waals surface area contributed by atoms with E-state index in [2.05, 4.69) is 5.32 Å². The van der Waals surface area contributed by atoms with Crippen LogP contribution in [0.5, 0.6) is 0 Å². The zero-order valence-corrected chi connectivity index (χ0v) is 11.3. The van der Waals surface area contributed by atoms with E-state index in [1.165, 1.54) is 13.2 Å². The molecule has 0 aliphatic carbocycles. The zero-order valence-electron chi connectivity index (χ0n) is 11.3. The minimum Gasteiger partial charge on any atom is -0.419 e. The molecule has 6 nitrogen and oxygen atoms in total. The minimum atomic E-state index is -0.830. The average Bonchev–Trinajstić information content (AvgIpc) is 2.72. The van der Waals surface area contributed by atoms with Gasteiger partial charge in [-0.05, 0) is 18.6 Å². The molecule has 1 aromatic carbocycles. The zero-order chi connectivity index (χ0) is 14.5. The van der Waals surface area contributed by atoms with Crippen molar-refractivity contribution in [2.75, 3.05) is 7.11 Å². The van der Waals surface area contributed by atoms with Crippen LogP contribution in [0, 0.1) is 0 Å². The van der Waals surface area contributed by atoms with Crippen molar-refractivity contribution in [3.63, 3.8) is 0 Å². The smallest absolute Gasteiger partial charge is 0.409 e. The Labute approximate surface area is 116 Å². The van der Waals surface area contributed by atoms with E-state index in [4.69, 9.17) is 9.57 Å². The van der Waals surface area contributed by atoms with Crippen LogP contribution in [0.1, 0.15) is 12.5 Å². The summed E-state index contributed by atoms with van der Waals surface area (Å²) in [5.41, 5.74) is 1.44. The maximum atomic E-state index is 11.7. The van der Waals surface area contributed by atoms with Gasteiger partial charge in [0.05, 0.1) is 7.11 Å².